The summed E-state index contributed by atoms with van der Waals surface area (Å²) in [6.07, 6.45) is 9.84. The fourth-order valence-corrected chi connectivity index (χ4v) is 5.55. The molecule has 0 heterocycles. The second kappa shape index (κ2) is 6.86. The molecule has 0 aromatic heterocycles. The molecule has 4 nitrogen and oxygen atoms in total. The van der Waals surface area contributed by atoms with Crippen LogP contribution in [0.3, 0.4) is 0 Å². The third-order valence-electron chi connectivity index (χ3n) is 6.05. The average Bonchev–Trinajstić information content (AvgIpc) is 2.56. The van der Waals surface area contributed by atoms with E-state index in [1.165, 1.54) is 43.5 Å². The summed E-state index contributed by atoms with van der Waals surface area (Å²) >= 11 is 0. The first-order valence-electron chi connectivity index (χ1n) is 9.41. The number of benzene rings is 1. The molecule has 4 saturated carbocycles. The van der Waals surface area contributed by atoms with E-state index in [4.69, 9.17) is 4.74 Å². The molecular weight excluding hydrogens is 333 g/mol. The lowest BCUT2D eigenvalue weighted by molar-refractivity contribution is -0.145. The van der Waals surface area contributed by atoms with E-state index < -0.39 is 5.97 Å². The molecule has 1 aromatic carbocycles. The number of nitrogens with one attached hydrogen (secondary N) is 1. The van der Waals surface area contributed by atoms with Crippen molar-refractivity contribution in [3.8, 4) is 0 Å². The zero-order valence-electron chi connectivity index (χ0n) is 14.7. The molecule has 26 heavy (non-hydrogen) atoms. The van der Waals surface area contributed by atoms with Crippen molar-refractivity contribution in [3.63, 3.8) is 0 Å². The Hall–Kier alpha value is -2.17. The lowest BCUT2D eigenvalue weighted by atomic mass is 9.53. The third-order valence-corrected chi connectivity index (χ3v) is 6.05. The summed E-state index contributed by atoms with van der Waals surface area (Å²) in [4.78, 5) is 24.1. The van der Waals surface area contributed by atoms with Gasteiger partial charge < -0.3 is 10.1 Å². The van der Waals surface area contributed by atoms with E-state index in [0.29, 0.717) is 5.56 Å². The summed E-state index contributed by atoms with van der Waals surface area (Å²) < 4.78 is 18.1. The van der Waals surface area contributed by atoms with Gasteiger partial charge in [0.2, 0.25) is 0 Å². The summed E-state index contributed by atoms with van der Waals surface area (Å²) in [6.45, 7) is -0.270. The van der Waals surface area contributed by atoms with Gasteiger partial charge in [-0.15, -0.1) is 0 Å². The van der Waals surface area contributed by atoms with Crippen LogP contribution in [-0.4, -0.2) is 24.0 Å². The van der Waals surface area contributed by atoms with Gasteiger partial charge in [0.15, 0.2) is 6.61 Å². The minimum atomic E-state index is -0.602. The first-order valence-corrected chi connectivity index (χ1v) is 9.41. The molecule has 4 aliphatic rings. The zero-order chi connectivity index (χ0) is 18.1. The highest BCUT2D eigenvalue weighted by Crippen LogP contribution is 2.55. The van der Waals surface area contributed by atoms with Crippen LogP contribution in [0.15, 0.2) is 30.3 Å². The lowest BCUT2D eigenvalue weighted by Crippen LogP contribution is -2.60. The predicted octanol–water partition coefficient (Wildman–Crippen LogP) is 3.47. The van der Waals surface area contributed by atoms with Gasteiger partial charge in [0, 0.05) is 11.6 Å². The Bertz CT molecular complexity index is 707. The summed E-state index contributed by atoms with van der Waals surface area (Å²) in [7, 11) is 0. The van der Waals surface area contributed by atoms with Crippen LogP contribution in [0, 0.1) is 23.6 Å². The topological polar surface area (TPSA) is 55.4 Å². The molecule has 1 amide bonds. The van der Waals surface area contributed by atoms with E-state index in [2.05, 4.69) is 5.32 Å². The van der Waals surface area contributed by atoms with Crippen LogP contribution >= 0.6 is 0 Å². The highest BCUT2D eigenvalue weighted by atomic mass is 19.1. The highest BCUT2D eigenvalue weighted by Gasteiger charge is 2.51. The van der Waals surface area contributed by atoms with Gasteiger partial charge in [-0.05, 0) is 80.1 Å². The van der Waals surface area contributed by atoms with Crippen molar-refractivity contribution in [3.05, 3.63) is 41.7 Å². The molecule has 4 aliphatic carbocycles. The van der Waals surface area contributed by atoms with Gasteiger partial charge in [0.25, 0.3) is 5.91 Å². The second-order valence-corrected chi connectivity index (χ2v) is 8.24. The SMILES string of the molecule is O=C(COC(=O)/C=C/c1cccc(F)c1)NC12CC3CC(CC(C3)C1)C2. The number of halogens is 1. The zero-order valence-corrected chi connectivity index (χ0v) is 14.7. The fourth-order valence-electron chi connectivity index (χ4n) is 5.55. The molecule has 0 atom stereocenters. The van der Waals surface area contributed by atoms with Gasteiger partial charge in [-0.25, -0.2) is 9.18 Å². The number of carbonyl (C=O) groups excluding carboxylic acids is 2. The van der Waals surface area contributed by atoms with E-state index >= 15 is 0 Å². The minimum Gasteiger partial charge on any atom is -0.452 e. The summed E-state index contributed by atoms with van der Waals surface area (Å²) in [5, 5.41) is 3.17. The van der Waals surface area contributed by atoms with E-state index in [9.17, 15) is 14.0 Å². The summed E-state index contributed by atoms with van der Waals surface area (Å²) in [6, 6.07) is 5.92. The Labute approximate surface area is 152 Å². The molecule has 0 aliphatic heterocycles. The lowest BCUT2D eigenvalue weighted by Gasteiger charge is -2.56. The Morgan fingerprint density at radius 2 is 1.81 bits per heavy atom. The molecule has 0 unspecified atom stereocenters. The van der Waals surface area contributed by atoms with Crippen molar-refractivity contribution in [1.29, 1.82) is 0 Å². The quantitative estimate of drug-likeness (QED) is 0.648. The number of ether oxygens (including phenoxy) is 1. The van der Waals surface area contributed by atoms with E-state index in [0.717, 1.165) is 37.0 Å². The van der Waals surface area contributed by atoms with Crippen LogP contribution in [0.4, 0.5) is 4.39 Å². The molecule has 5 heteroatoms. The number of hydrogen-bond acceptors (Lipinski definition) is 3. The van der Waals surface area contributed by atoms with Crippen LogP contribution in [0.2, 0.25) is 0 Å². The van der Waals surface area contributed by atoms with Crippen LogP contribution < -0.4 is 5.32 Å². The molecule has 138 valence electrons. The molecular formula is C21H24FNO3. The van der Waals surface area contributed by atoms with Gasteiger partial charge in [-0.2, -0.15) is 0 Å². The summed E-state index contributed by atoms with van der Waals surface area (Å²) in [5.41, 5.74) is 0.496. The van der Waals surface area contributed by atoms with E-state index in [1.807, 2.05) is 0 Å². The number of amides is 1. The van der Waals surface area contributed by atoms with E-state index in [-0.39, 0.29) is 23.9 Å². The smallest absolute Gasteiger partial charge is 0.331 e. The maximum atomic E-state index is 13.1. The number of rotatable bonds is 5. The molecule has 1 aromatic rings. The van der Waals surface area contributed by atoms with Gasteiger partial charge >= 0.3 is 5.97 Å². The molecule has 1 N–H and O–H groups in total. The molecule has 4 fully saturated rings. The normalized spacial score (nSPS) is 32.0. The molecule has 5 rings (SSSR count). The van der Waals surface area contributed by atoms with Crippen molar-refractivity contribution in [1.82, 2.24) is 5.32 Å². The molecule has 0 radical (unpaired) electrons. The van der Waals surface area contributed by atoms with E-state index in [1.54, 1.807) is 12.1 Å². The van der Waals surface area contributed by atoms with Gasteiger partial charge in [-0.1, -0.05) is 12.1 Å². The van der Waals surface area contributed by atoms with Crippen molar-refractivity contribution in [2.45, 2.75) is 44.1 Å². The van der Waals surface area contributed by atoms with Crippen molar-refractivity contribution in [2.75, 3.05) is 6.61 Å². The Balaban J connectivity index is 1.27. The molecule has 0 spiro atoms. The maximum absolute atomic E-state index is 13.1. The fraction of sp³-hybridized carbons (Fsp3) is 0.524. The first kappa shape index (κ1) is 17.3. The Morgan fingerprint density at radius 3 is 2.42 bits per heavy atom. The summed E-state index contributed by atoms with van der Waals surface area (Å²) in [5.74, 6) is 1.06. The largest absolute Gasteiger partial charge is 0.452 e. The van der Waals surface area contributed by atoms with Crippen LogP contribution in [0.1, 0.15) is 44.1 Å². The molecule has 0 saturated heterocycles. The third kappa shape index (κ3) is 3.81. The van der Waals surface area contributed by atoms with Crippen molar-refractivity contribution >= 4 is 18.0 Å². The van der Waals surface area contributed by atoms with Gasteiger partial charge in [0.1, 0.15) is 5.82 Å². The first-order chi connectivity index (χ1) is 12.5. The van der Waals surface area contributed by atoms with Crippen LogP contribution in [0.5, 0.6) is 0 Å². The predicted molar refractivity (Wildman–Crippen MR) is 95.4 cm³/mol. The number of hydrogen-bond donors (Lipinski definition) is 1. The Kier molecular flexibility index (Phi) is 4.55. The average molecular weight is 357 g/mol. The maximum Gasteiger partial charge on any atom is 0.331 e. The van der Waals surface area contributed by atoms with Crippen molar-refractivity contribution in [2.24, 2.45) is 17.8 Å². The number of esters is 1. The minimum absolute atomic E-state index is 0.0738. The monoisotopic (exact) mass is 357 g/mol. The highest BCUT2D eigenvalue weighted by molar-refractivity contribution is 5.89. The Morgan fingerprint density at radius 1 is 1.15 bits per heavy atom. The standard InChI is InChI=1S/C21H24FNO3/c22-18-3-1-2-14(9-18)4-5-20(25)26-13-19(24)23-21-10-15-6-16(11-21)8-17(7-15)12-21/h1-5,9,15-17H,6-8,10-13H2,(H,23,24)/b5-4+. The van der Waals surface area contributed by atoms with Crippen LogP contribution in [-0.2, 0) is 14.3 Å². The molecule has 4 bridgehead atoms. The van der Waals surface area contributed by atoms with Crippen LogP contribution in [0.25, 0.3) is 6.08 Å². The van der Waals surface area contributed by atoms with Crippen molar-refractivity contribution < 1.29 is 18.7 Å². The number of carbonyl (C=O) groups is 2. The van der Waals surface area contributed by atoms with Gasteiger partial charge in [0.05, 0.1) is 0 Å². The second-order valence-electron chi connectivity index (χ2n) is 8.24. The van der Waals surface area contributed by atoms with Gasteiger partial charge in [-0.3, -0.25) is 4.79 Å².